The van der Waals surface area contributed by atoms with E-state index in [2.05, 4.69) is 10.1 Å². The summed E-state index contributed by atoms with van der Waals surface area (Å²) in [5.41, 5.74) is 5.77. The number of rotatable bonds is 3. The highest BCUT2D eigenvalue weighted by Gasteiger charge is 2.11. The molecule has 0 unspecified atom stereocenters. The number of nitrogens with two attached hydrogens (primary N) is 1. The summed E-state index contributed by atoms with van der Waals surface area (Å²) in [6.07, 6.45) is 1.36. The van der Waals surface area contributed by atoms with E-state index in [1.807, 2.05) is 0 Å². The summed E-state index contributed by atoms with van der Waals surface area (Å²) in [6, 6.07) is 3.36. The third-order valence-corrected chi connectivity index (χ3v) is 2.34. The average Bonchev–Trinajstić information content (AvgIpc) is 2.36. The lowest BCUT2D eigenvalue weighted by Crippen LogP contribution is -2.08. The summed E-state index contributed by atoms with van der Waals surface area (Å²) in [5.74, 6) is 0.645. The lowest BCUT2D eigenvalue weighted by molar-refractivity contribution is 0.317. The van der Waals surface area contributed by atoms with Crippen molar-refractivity contribution < 1.29 is 14.7 Å². The van der Waals surface area contributed by atoms with Gasteiger partial charge in [0.25, 0.3) is 5.96 Å². The van der Waals surface area contributed by atoms with Gasteiger partial charge in [0.2, 0.25) is 0 Å². The summed E-state index contributed by atoms with van der Waals surface area (Å²) >= 11 is 6.08. The Hall–Kier alpha value is -1.95. The number of guanidine groups is 1. The first-order valence-electron chi connectivity index (χ1n) is 4.56. The average molecular weight is 258 g/mol. The molecule has 3 N–H and O–H groups in total. The highest BCUT2D eigenvalue weighted by molar-refractivity contribution is 6.35. The van der Waals surface area contributed by atoms with Crippen LogP contribution in [-0.2, 0) is 0 Å². The summed E-state index contributed by atoms with van der Waals surface area (Å²) in [5, 5.41) is 11.4. The first-order valence-corrected chi connectivity index (χ1v) is 4.94. The van der Waals surface area contributed by atoms with Gasteiger partial charge in [0.05, 0.1) is 19.2 Å². The van der Waals surface area contributed by atoms with Crippen molar-refractivity contribution in [1.29, 1.82) is 0 Å². The van der Waals surface area contributed by atoms with Gasteiger partial charge in [0.15, 0.2) is 11.5 Å². The minimum atomic E-state index is -0.268. The first kappa shape index (κ1) is 13.1. The molecular weight excluding hydrogens is 246 g/mol. The molecule has 0 heterocycles. The van der Waals surface area contributed by atoms with E-state index >= 15 is 0 Å². The number of halogens is 1. The van der Waals surface area contributed by atoms with Crippen LogP contribution >= 0.6 is 11.6 Å². The number of oxime groups is 1. The molecule has 0 saturated carbocycles. The molecule has 0 saturated heterocycles. The normalized spacial score (nSPS) is 11.8. The maximum atomic E-state index is 8.34. The van der Waals surface area contributed by atoms with Gasteiger partial charge in [-0.05, 0) is 17.3 Å². The van der Waals surface area contributed by atoms with Gasteiger partial charge in [-0.25, -0.2) is 4.99 Å². The third kappa shape index (κ3) is 3.01. The lowest BCUT2D eigenvalue weighted by Gasteiger charge is -2.10. The molecule has 0 atom stereocenters. The van der Waals surface area contributed by atoms with E-state index in [1.54, 1.807) is 12.1 Å². The van der Waals surface area contributed by atoms with E-state index < -0.39 is 0 Å². The zero-order valence-electron chi connectivity index (χ0n) is 9.35. The van der Waals surface area contributed by atoms with Crippen molar-refractivity contribution in [2.75, 3.05) is 14.2 Å². The quantitative estimate of drug-likeness (QED) is 0.371. The molecular formula is C10H12ClN3O3. The molecule has 1 rings (SSSR count). The van der Waals surface area contributed by atoms with Gasteiger partial charge in [-0.2, -0.15) is 0 Å². The number of methoxy groups -OCH3 is 2. The summed E-state index contributed by atoms with van der Waals surface area (Å²) < 4.78 is 10.2. The molecule has 0 amide bonds. The van der Waals surface area contributed by atoms with Crippen LogP contribution in [0.3, 0.4) is 0 Å². The largest absolute Gasteiger partial charge is 0.493 e. The molecule has 17 heavy (non-hydrogen) atoms. The minimum Gasteiger partial charge on any atom is -0.493 e. The Morgan fingerprint density at radius 1 is 1.41 bits per heavy atom. The van der Waals surface area contributed by atoms with Crippen LogP contribution in [-0.4, -0.2) is 31.6 Å². The lowest BCUT2D eigenvalue weighted by atomic mass is 10.2. The van der Waals surface area contributed by atoms with Crippen molar-refractivity contribution in [1.82, 2.24) is 0 Å². The second-order valence-corrected chi connectivity index (χ2v) is 3.30. The highest BCUT2D eigenvalue weighted by atomic mass is 35.5. The van der Waals surface area contributed by atoms with Crippen molar-refractivity contribution in [2.24, 2.45) is 15.9 Å². The smallest absolute Gasteiger partial charge is 0.256 e. The SMILES string of the molecule is COc1ccc(C=NC(N)=NO)c(Cl)c1OC. The van der Waals surface area contributed by atoms with Crippen LogP contribution in [0.4, 0.5) is 0 Å². The van der Waals surface area contributed by atoms with Gasteiger partial charge in [-0.1, -0.05) is 11.6 Å². The number of benzene rings is 1. The molecule has 1 aromatic carbocycles. The third-order valence-electron chi connectivity index (χ3n) is 1.95. The molecule has 0 aliphatic carbocycles. The van der Waals surface area contributed by atoms with Crippen LogP contribution in [0.15, 0.2) is 22.3 Å². The van der Waals surface area contributed by atoms with E-state index in [0.29, 0.717) is 22.1 Å². The topological polar surface area (TPSA) is 89.4 Å². The molecule has 1 aromatic rings. The van der Waals surface area contributed by atoms with Crippen molar-refractivity contribution in [3.05, 3.63) is 22.7 Å². The first-order chi connectivity index (χ1) is 8.13. The zero-order valence-corrected chi connectivity index (χ0v) is 10.1. The van der Waals surface area contributed by atoms with Crippen molar-refractivity contribution in [2.45, 2.75) is 0 Å². The van der Waals surface area contributed by atoms with Crippen LogP contribution < -0.4 is 15.2 Å². The van der Waals surface area contributed by atoms with Crippen molar-refractivity contribution in [3.63, 3.8) is 0 Å². The summed E-state index contributed by atoms with van der Waals surface area (Å²) in [4.78, 5) is 3.68. The Morgan fingerprint density at radius 3 is 2.65 bits per heavy atom. The summed E-state index contributed by atoms with van der Waals surface area (Å²) in [6.45, 7) is 0. The number of ether oxygens (including phenoxy) is 2. The Kier molecular flexibility index (Phi) is 4.59. The van der Waals surface area contributed by atoms with E-state index in [-0.39, 0.29) is 5.96 Å². The monoisotopic (exact) mass is 257 g/mol. The predicted octanol–water partition coefficient (Wildman–Crippen LogP) is 1.48. The fourth-order valence-electron chi connectivity index (χ4n) is 1.17. The molecule has 0 bridgehead atoms. The van der Waals surface area contributed by atoms with Gasteiger partial charge in [-0.15, -0.1) is 0 Å². The van der Waals surface area contributed by atoms with Gasteiger partial charge in [-0.3, -0.25) is 0 Å². The number of hydrogen-bond donors (Lipinski definition) is 2. The Morgan fingerprint density at radius 2 is 2.12 bits per heavy atom. The van der Waals surface area contributed by atoms with Gasteiger partial charge >= 0.3 is 0 Å². The number of hydrogen-bond acceptors (Lipinski definition) is 4. The molecule has 0 radical (unpaired) electrons. The van der Waals surface area contributed by atoms with Crippen molar-refractivity contribution >= 4 is 23.8 Å². The maximum absolute atomic E-state index is 8.34. The Balaban J connectivity index is 3.15. The molecule has 0 fully saturated rings. The molecule has 92 valence electrons. The van der Waals surface area contributed by atoms with E-state index in [9.17, 15) is 0 Å². The highest BCUT2D eigenvalue weighted by Crippen LogP contribution is 2.36. The Bertz CT molecular complexity index is 460. The minimum absolute atomic E-state index is 0.268. The van der Waals surface area contributed by atoms with Crippen LogP contribution in [0, 0.1) is 0 Å². The van der Waals surface area contributed by atoms with E-state index in [4.69, 9.17) is 32.0 Å². The molecule has 6 nitrogen and oxygen atoms in total. The van der Waals surface area contributed by atoms with Crippen LogP contribution in [0.1, 0.15) is 5.56 Å². The Labute approximate surface area is 103 Å². The molecule has 0 aromatic heterocycles. The molecule has 7 heteroatoms. The maximum Gasteiger partial charge on any atom is 0.256 e. The van der Waals surface area contributed by atoms with E-state index in [0.717, 1.165) is 0 Å². The van der Waals surface area contributed by atoms with Gasteiger partial charge in [0, 0.05) is 11.8 Å². The zero-order chi connectivity index (χ0) is 12.8. The van der Waals surface area contributed by atoms with Gasteiger partial charge in [0.1, 0.15) is 0 Å². The predicted molar refractivity (Wildman–Crippen MR) is 65.6 cm³/mol. The van der Waals surface area contributed by atoms with Gasteiger partial charge < -0.3 is 20.4 Å². The molecule has 0 aliphatic rings. The molecule has 0 aliphatic heterocycles. The fraction of sp³-hybridized carbons (Fsp3) is 0.200. The fourth-order valence-corrected chi connectivity index (χ4v) is 1.45. The van der Waals surface area contributed by atoms with Crippen LogP contribution in [0.2, 0.25) is 5.02 Å². The second kappa shape index (κ2) is 5.95. The summed E-state index contributed by atoms with van der Waals surface area (Å²) in [7, 11) is 2.99. The standard InChI is InChI=1S/C10H12ClN3O3/c1-16-7-4-3-6(5-13-10(12)14-15)8(11)9(7)17-2/h3-5,15H,1-2H3,(H2,12,14). The van der Waals surface area contributed by atoms with E-state index in [1.165, 1.54) is 20.4 Å². The van der Waals surface area contributed by atoms with Crippen molar-refractivity contribution in [3.8, 4) is 11.5 Å². The second-order valence-electron chi connectivity index (χ2n) is 2.92. The molecule has 0 spiro atoms. The van der Waals surface area contributed by atoms with Crippen LogP contribution in [0.5, 0.6) is 11.5 Å². The number of nitrogens with zero attached hydrogens (tertiary/aromatic N) is 2. The van der Waals surface area contributed by atoms with Crippen LogP contribution in [0.25, 0.3) is 0 Å². The number of aliphatic imine (C=N–C) groups is 1.